The van der Waals surface area contributed by atoms with E-state index in [0.29, 0.717) is 5.92 Å². The summed E-state index contributed by atoms with van der Waals surface area (Å²) in [5.74, 6) is 0.676. The SMILES string of the molecule is C=C(C)CCC(C(=C)C(CCC)CCC)=C(C)C. The first-order chi connectivity index (χ1) is 8.43. The van der Waals surface area contributed by atoms with E-state index in [1.165, 1.54) is 48.0 Å². The van der Waals surface area contributed by atoms with E-state index in [0.717, 1.165) is 12.8 Å². The summed E-state index contributed by atoms with van der Waals surface area (Å²) in [6.45, 7) is 19.5. The number of hydrogen-bond donors (Lipinski definition) is 0. The Morgan fingerprint density at radius 3 is 1.72 bits per heavy atom. The highest BCUT2D eigenvalue weighted by molar-refractivity contribution is 5.34. The molecule has 104 valence electrons. The van der Waals surface area contributed by atoms with Crippen molar-refractivity contribution in [1.29, 1.82) is 0 Å². The quantitative estimate of drug-likeness (QED) is 0.325. The Bertz CT molecular complexity index is 294. The number of allylic oxidation sites excluding steroid dienone is 4. The van der Waals surface area contributed by atoms with Gasteiger partial charge in [-0.1, -0.05) is 44.4 Å². The maximum absolute atomic E-state index is 4.40. The Morgan fingerprint density at radius 2 is 1.39 bits per heavy atom. The van der Waals surface area contributed by atoms with Crippen LogP contribution in [0.5, 0.6) is 0 Å². The molecule has 0 fully saturated rings. The van der Waals surface area contributed by atoms with E-state index in [1.807, 2.05) is 0 Å². The molecule has 0 heteroatoms. The Morgan fingerprint density at radius 1 is 0.889 bits per heavy atom. The van der Waals surface area contributed by atoms with Crippen LogP contribution in [0.15, 0.2) is 35.5 Å². The van der Waals surface area contributed by atoms with Crippen LogP contribution in [0.2, 0.25) is 0 Å². The molecule has 0 aromatic rings. The maximum Gasteiger partial charge on any atom is -0.0165 e. The highest BCUT2D eigenvalue weighted by Crippen LogP contribution is 2.31. The van der Waals surface area contributed by atoms with Crippen molar-refractivity contribution in [3.8, 4) is 0 Å². The van der Waals surface area contributed by atoms with E-state index in [9.17, 15) is 0 Å². The zero-order valence-electron chi connectivity index (χ0n) is 13.2. The van der Waals surface area contributed by atoms with Gasteiger partial charge in [-0.3, -0.25) is 0 Å². The highest BCUT2D eigenvalue weighted by Gasteiger charge is 2.15. The Labute approximate surface area is 115 Å². The summed E-state index contributed by atoms with van der Waals surface area (Å²) in [6, 6.07) is 0. The van der Waals surface area contributed by atoms with Gasteiger partial charge < -0.3 is 0 Å². The molecule has 0 heterocycles. The van der Waals surface area contributed by atoms with Crippen LogP contribution < -0.4 is 0 Å². The van der Waals surface area contributed by atoms with Crippen molar-refractivity contribution in [3.05, 3.63) is 35.5 Å². The largest absolute Gasteiger partial charge is 0.100 e. The first-order valence-corrected chi connectivity index (χ1v) is 7.43. The number of hydrogen-bond acceptors (Lipinski definition) is 0. The van der Waals surface area contributed by atoms with Gasteiger partial charge in [0, 0.05) is 0 Å². The average molecular weight is 248 g/mol. The molecule has 0 N–H and O–H groups in total. The molecule has 0 rings (SSSR count). The summed E-state index contributed by atoms with van der Waals surface area (Å²) >= 11 is 0. The second-order valence-electron chi connectivity index (χ2n) is 5.74. The maximum atomic E-state index is 4.40. The fourth-order valence-corrected chi connectivity index (χ4v) is 2.51. The molecule has 0 aromatic carbocycles. The lowest BCUT2D eigenvalue weighted by atomic mass is 9.83. The molecular formula is C18H32. The summed E-state index contributed by atoms with van der Waals surface area (Å²) < 4.78 is 0. The van der Waals surface area contributed by atoms with Gasteiger partial charge in [0.2, 0.25) is 0 Å². The standard InChI is InChI=1S/C18H32/c1-8-10-17(11-9-2)16(7)18(15(5)6)13-12-14(3)4/h17H,3,7-13H2,1-2,4-6H3. The van der Waals surface area contributed by atoms with Crippen LogP contribution in [0.3, 0.4) is 0 Å². The molecule has 0 spiro atoms. The Balaban J connectivity index is 4.83. The van der Waals surface area contributed by atoms with Crippen molar-refractivity contribution in [2.75, 3.05) is 0 Å². The van der Waals surface area contributed by atoms with E-state index >= 15 is 0 Å². The third-order valence-electron chi connectivity index (χ3n) is 3.56. The van der Waals surface area contributed by atoms with E-state index in [2.05, 4.69) is 47.8 Å². The molecule has 0 unspecified atom stereocenters. The lowest BCUT2D eigenvalue weighted by Gasteiger charge is -2.22. The van der Waals surface area contributed by atoms with Crippen LogP contribution in [0.4, 0.5) is 0 Å². The predicted molar refractivity (Wildman–Crippen MR) is 84.9 cm³/mol. The normalized spacial score (nSPS) is 10.6. The second kappa shape index (κ2) is 9.19. The molecule has 0 bridgehead atoms. The molecule has 0 aliphatic carbocycles. The van der Waals surface area contributed by atoms with Crippen LogP contribution >= 0.6 is 0 Å². The smallest absolute Gasteiger partial charge is 0.0165 e. The molecule has 18 heavy (non-hydrogen) atoms. The van der Waals surface area contributed by atoms with Gasteiger partial charge in [0.1, 0.15) is 0 Å². The molecule has 0 saturated heterocycles. The van der Waals surface area contributed by atoms with Crippen LogP contribution in [0, 0.1) is 5.92 Å². The zero-order valence-corrected chi connectivity index (χ0v) is 13.2. The molecule has 0 atom stereocenters. The van der Waals surface area contributed by atoms with Crippen molar-refractivity contribution in [2.24, 2.45) is 5.92 Å². The van der Waals surface area contributed by atoms with Crippen LogP contribution in [-0.4, -0.2) is 0 Å². The minimum atomic E-state index is 0.676. The Kier molecular flexibility index (Phi) is 8.79. The second-order valence-corrected chi connectivity index (χ2v) is 5.74. The summed E-state index contributed by atoms with van der Waals surface area (Å²) in [5.41, 5.74) is 5.58. The fourth-order valence-electron chi connectivity index (χ4n) is 2.51. The van der Waals surface area contributed by atoms with Crippen molar-refractivity contribution in [1.82, 2.24) is 0 Å². The van der Waals surface area contributed by atoms with E-state index in [1.54, 1.807) is 0 Å². The van der Waals surface area contributed by atoms with E-state index in [4.69, 9.17) is 0 Å². The summed E-state index contributed by atoms with van der Waals surface area (Å²) in [7, 11) is 0. The molecule has 0 aromatic heterocycles. The van der Waals surface area contributed by atoms with Gasteiger partial charge in [-0.2, -0.15) is 0 Å². The van der Waals surface area contributed by atoms with E-state index in [-0.39, 0.29) is 0 Å². The van der Waals surface area contributed by atoms with Gasteiger partial charge >= 0.3 is 0 Å². The molecule has 0 amide bonds. The van der Waals surface area contributed by atoms with Crippen molar-refractivity contribution < 1.29 is 0 Å². The van der Waals surface area contributed by atoms with Crippen molar-refractivity contribution >= 4 is 0 Å². The molecule has 0 nitrogen and oxygen atoms in total. The fraction of sp³-hybridized carbons (Fsp3) is 0.667. The van der Waals surface area contributed by atoms with Gasteiger partial charge in [-0.15, -0.1) is 6.58 Å². The average Bonchev–Trinajstić information content (AvgIpc) is 2.27. The summed E-state index contributed by atoms with van der Waals surface area (Å²) in [5, 5.41) is 0. The highest BCUT2D eigenvalue weighted by atomic mass is 14.2. The lowest BCUT2D eigenvalue weighted by molar-refractivity contribution is 0.506. The molecule has 0 radical (unpaired) electrons. The lowest BCUT2D eigenvalue weighted by Crippen LogP contribution is -2.07. The first-order valence-electron chi connectivity index (χ1n) is 7.43. The molecule has 0 aliphatic heterocycles. The zero-order chi connectivity index (χ0) is 14.1. The number of rotatable bonds is 9. The Hall–Kier alpha value is -0.780. The van der Waals surface area contributed by atoms with Crippen LogP contribution in [0.25, 0.3) is 0 Å². The van der Waals surface area contributed by atoms with Gasteiger partial charge in [0.05, 0.1) is 0 Å². The van der Waals surface area contributed by atoms with Gasteiger partial charge in [-0.05, 0) is 63.5 Å². The molecule has 0 aliphatic rings. The van der Waals surface area contributed by atoms with Crippen LogP contribution in [0.1, 0.15) is 73.1 Å². The molecular weight excluding hydrogens is 216 g/mol. The monoisotopic (exact) mass is 248 g/mol. The summed E-state index contributed by atoms with van der Waals surface area (Å²) in [4.78, 5) is 0. The van der Waals surface area contributed by atoms with Gasteiger partial charge in [0.15, 0.2) is 0 Å². The third kappa shape index (κ3) is 6.23. The van der Waals surface area contributed by atoms with E-state index < -0.39 is 0 Å². The van der Waals surface area contributed by atoms with Crippen LogP contribution in [-0.2, 0) is 0 Å². The summed E-state index contributed by atoms with van der Waals surface area (Å²) in [6.07, 6.45) is 7.25. The minimum absolute atomic E-state index is 0.676. The molecule has 0 saturated carbocycles. The predicted octanol–water partition coefficient (Wildman–Crippen LogP) is 6.45. The first kappa shape index (κ1) is 17.2. The van der Waals surface area contributed by atoms with Crippen molar-refractivity contribution in [3.63, 3.8) is 0 Å². The topological polar surface area (TPSA) is 0 Å². The third-order valence-corrected chi connectivity index (χ3v) is 3.56. The van der Waals surface area contributed by atoms with Gasteiger partial charge in [-0.25, -0.2) is 0 Å². The van der Waals surface area contributed by atoms with Gasteiger partial charge in [0.25, 0.3) is 0 Å². The minimum Gasteiger partial charge on any atom is -0.100 e. The van der Waals surface area contributed by atoms with Crippen molar-refractivity contribution in [2.45, 2.75) is 73.1 Å².